The van der Waals surface area contributed by atoms with Gasteiger partial charge >= 0.3 is 0 Å². The molecule has 6 heteroatoms. The molecule has 0 atom stereocenters. The van der Waals surface area contributed by atoms with Crippen LogP contribution in [0.1, 0.15) is 22.8 Å². The van der Waals surface area contributed by atoms with Crippen LogP contribution in [0.5, 0.6) is 0 Å². The summed E-state index contributed by atoms with van der Waals surface area (Å²) in [5.74, 6) is 0.0276. The van der Waals surface area contributed by atoms with Crippen molar-refractivity contribution in [1.82, 2.24) is 15.1 Å². The van der Waals surface area contributed by atoms with Crippen molar-refractivity contribution in [3.8, 4) is 5.69 Å². The average molecular weight is 350 g/mol. The highest BCUT2D eigenvalue weighted by Gasteiger charge is 2.03. The highest BCUT2D eigenvalue weighted by molar-refractivity contribution is 7.80. The third kappa shape index (κ3) is 4.51. The quantitative estimate of drug-likeness (QED) is 0.544. The van der Waals surface area contributed by atoms with Gasteiger partial charge in [0.05, 0.1) is 5.69 Å². The number of thiocarbonyl (C=S) groups is 1. The minimum Gasteiger partial charge on any atom is -0.358 e. The van der Waals surface area contributed by atoms with Gasteiger partial charge in [-0.3, -0.25) is 4.79 Å². The van der Waals surface area contributed by atoms with E-state index in [1.807, 2.05) is 53.3 Å². The maximum absolute atomic E-state index is 11.4. The number of rotatable bonds is 5. The molecule has 0 fully saturated rings. The molecule has 0 unspecified atom stereocenters. The molecule has 0 saturated heterocycles. The van der Waals surface area contributed by atoms with Crippen LogP contribution in [0.3, 0.4) is 0 Å². The summed E-state index contributed by atoms with van der Waals surface area (Å²) in [6.07, 6.45) is 3.65. The molecule has 0 amide bonds. The van der Waals surface area contributed by atoms with Gasteiger partial charge in [-0.25, -0.2) is 4.68 Å². The minimum atomic E-state index is 0.0276. The molecule has 1 heterocycles. The monoisotopic (exact) mass is 350 g/mol. The number of carbonyl (C=O) groups excluding carboxylic acids is 1. The van der Waals surface area contributed by atoms with Crippen molar-refractivity contribution in [2.45, 2.75) is 13.5 Å². The molecule has 0 aliphatic carbocycles. The summed E-state index contributed by atoms with van der Waals surface area (Å²) in [5, 5.41) is 11.0. The van der Waals surface area contributed by atoms with Crippen LogP contribution in [0.25, 0.3) is 5.69 Å². The summed E-state index contributed by atoms with van der Waals surface area (Å²) < 4.78 is 1.81. The van der Waals surface area contributed by atoms with Crippen molar-refractivity contribution < 1.29 is 4.79 Å². The van der Waals surface area contributed by atoms with E-state index < -0.39 is 0 Å². The van der Waals surface area contributed by atoms with Gasteiger partial charge in [-0.1, -0.05) is 24.3 Å². The Labute approximate surface area is 151 Å². The Morgan fingerprint density at radius 2 is 1.96 bits per heavy atom. The molecule has 1 aromatic heterocycles. The van der Waals surface area contributed by atoms with Crippen LogP contribution in [0.4, 0.5) is 5.69 Å². The van der Waals surface area contributed by atoms with E-state index in [0.717, 1.165) is 16.9 Å². The summed E-state index contributed by atoms with van der Waals surface area (Å²) >= 11 is 5.31. The minimum absolute atomic E-state index is 0.0276. The number of benzene rings is 2. The lowest BCUT2D eigenvalue weighted by Gasteiger charge is -2.11. The van der Waals surface area contributed by atoms with Crippen molar-refractivity contribution in [3.05, 3.63) is 78.1 Å². The van der Waals surface area contributed by atoms with Crippen molar-refractivity contribution in [1.29, 1.82) is 0 Å². The largest absolute Gasteiger partial charge is 0.358 e. The Hall–Kier alpha value is -2.99. The molecule has 0 aliphatic heterocycles. The number of nitrogens with zero attached hydrogens (tertiary/aromatic N) is 2. The zero-order valence-electron chi connectivity index (χ0n) is 13.8. The number of ketones is 1. The number of carbonyl (C=O) groups is 1. The van der Waals surface area contributed by atoms with Gasteiger partial charge in [0.15, 0.2) is 10.9 Å². The fourth-order valence-electron chi connectivity index (χ4n) is 2.36. The molecule has 0 aliphatic rings. The summed E-state index contributed by atoms with van der Waals surface area (Å²) in [4.78, 5) is 11.4. The first-order valence-corrected chi connectivity index (χ1v) is 8.27. The lowest BCUT2D eigenvalue weighted by molar-refractivity contribution is 0.101. The normalized spacial score (nSPS) is 10.3. The van der Waals surface area contributed by atoms with Crippen molar-refractivity contribution in [2.75, 3.05) is 5.32 Å². The van der Waals surface area contributed by atoms with Gasteiger partial charge in [0.25, 0.3) is 0 Å². The standard InChI is InChI=1S/C19H18N4OS/c1-14(24)16-4-2-5-17(12-16)22-19(25)20-13-15-6-8-18(9-7-15)23-11-3-10-21-23/h2-12H,13H2,1H3,(H2,20,22,25). The molecule has 5 nitrogen and oxygen atoms in total. The molecule has 0 bridgehead atoms. The van der Waals surface area contributed by atoms with Crippen LogP contribution >= 0.6 is 12.2 Å². The Kier molecular flexibility index (Phi) is 5.20. The van der Waals surface area contributed by atoms with Crippen LogP contribution in [0, 0.1) is 0 Å². The predicted octanol–water partition coefficient (Wildman–Crippen LogP) is 3.56. The second-order valence-corrected chi connectivity index (χ2v) is 5.97. The number of hydrogen-bond donors (Lipinski definition) is 2. The molecule has 3 aromatic rings. The molecule has 126 valence electrons. The lowest BCUT2D eigenvalue weighted by atomic mass is 10.1. The molecular weight excluding hydrogens is 332 g/mol. The summed E-state index contributed by atoms with van der Waals surface area (Å²) in [5.41, 5.74) is 3.56. The van der Waals surface area contributed by atoms with Crippen LogP contribution in [0.2, 0.25) is 0 Å². The van der Waals surface area contributed by atoms with Gasteiger partial charge in [-0.2, -0.15) is 5.10 Å². The number of aromatic nitrogens is 2. The first-order valence-electron chi connectivity index (χ1n) is 7.86. The Morgan fingerprint density at radius 3 is 2.64 bits per heavy atom. The fraction of sp³-hybridized carbons (Fsp3) is 0.105. The molecular formula is C19H18N4OS. The van der Waals surface area contributed by atoms with Crippen molar-refractivity contribution in [2.24, 2.45) is 0 Å². The Morgan fingerprint density at radius 1 is 1.16 bits per heavy atom. The SMILES string of the molecule is CC(=O)c1cccc(NC(=S)NCc2ccc(-n3cccn3)cc2)c1. The van der Waals surface area contributed by atoms with E-state index in [9.17, 15) is 4.79 Å². The third-order valence-corrected chi connectivity index (χ3v) is 3.93. The maximum atomic E-state index is 11.4. The van der Waals surface area contributed by atoms with Gasteiger partial charge in [-0.05, 0) is 55.0 Å². The number of hydrogen-bond acceptors (Lipinski definition) is 3. The Bertz CT molecular complexity index is 873. The first kappa shape index (κ1) is 16.9. The first-order chi connectivity index (χ1) is 12.1. The second-order valence-electron chi connectivity index (χ2n) is 5.56. The maximum Gasteiger partial charge on any atom is 0.171 e. The van der Waals surface area contributed by atoms with E-state index >= 15 is 0 Å². The second kappa shape index (κ2) is 7.72. The highest BCUT2D eigenvalue weighted by Crippen LogP contribution is 2.12. The number of nitrogens with one attached hydrogen (secondary N) is 2. The zero-order chi connectivity index (χ0) is 17.6. The van der Waals surface area contributed by atoms with E-state index in [0.29, 0.717) is 17.2 Å². The van der Waals surface area contributed by atoms with Crippen LogP contribution in [-0.2, 0) is 6.54 Å². The summed E-state index contributed by atoms with van der Waals surface area (Å²) in [7, 11) is 0. The van der Waals surface area contributed by atoms with Crippen molar-refractivity contribution >= 4 is 28.8 Å². The summed E-state index contributed by atoms with van der Waals surface area (Å²) in [6, 6.07) is 17.2. The molecule has 0 radical (unpaired) electrons. The van der Waals surface area contributed by atoms with E-state index in [1.54, 1.807) is 25.3 Å². The number of Topliss-reactive ketones (excluding diaryl/α,β-unsaturated/α-hetero) is 1. The van der Waals surface area contributed by atoms with Crippen LogP contribution < -0.4 is 10.6 Å². The van der Waals surface area contributed by atoms with Crippen LogP contribution in [-0.4, -0.2) is 20.7 Å². The fourth-order valence-corrected chi connectivity index (χ4v) is 2.55. The lowest BCUT2D eigenvalue weighted by Crippen LogP contribution is -2.27. The summed E-state index contributed by atoms with van der Waals surface area (Å²) in [6.45, 7) is 2.15. The molecule has 0 saturated carbocycles. The van der Waals surface area contributed by atoms with E-state index in [4.69, 9.17) is 12.2 Å². The smallest absolute Gasteiger partial charge is 0.171 e. The van der Waals surface area contributed by atoms with E-state index in [2.05, 4.69) is 15.7 Å². The zero-order valence-corrected chi connectivity index (χ0v) is 14.6. The van der Waals surface area contributed by atoms with Crippen molar-refractivity contribution in [3.63, 3.8) is 0 Å². The molecule has 25 heavy (non-hydrogen) atoms. The van der Waals surface area contributed by atoms with Gasteiger partial charge < -0.3 is 10.6 Å². The van der Waals surface area contributed by atoms with Gasteiger partial charge in [0.1, 0.15) is 0 Å². The Balaban J connectivity index is 1.55. The van der Waals surface area contributed by atoms with Gasteiger partial charge in [-0.15, -0.1) is 0 Å². The topological polar surface area (TPSA) is 59.0 Å². The van der Waals surface area contributed by atoms with E-state index in [-0.39, 0.29) is 5.78 Å². The third-order valence-electron chi connectivity index (χ3n) is 3.69. The van der Waals surface area contributed by atoms with Crippen LogP contribution in [0.15, 0.2) is 67.0 Å². The van der Waals surface area contributed by atoms with Gasteiger partial charge in [0.2, 0.25) is 0 Å². The molecule has 2 aromatic carbocycles. The molecule has 0 spiro atoms. The van der Waals surface area contributed by atoms with E-state index in [1.165, 1.54) is 0 Å². The molecule has 3 rings (SSSR count). The predicted molar refractivity (Wildman–Crippen MR) is 103 cm³/mol. The highest BCUT2D eigenvalue weighted by atomic mass is 32.1. The average Bonchev–Trinajstić information content (AvgIpc) is 3.15. The molecule has 2 N–H and O–H groups in total. The number of anilines is 1. The van der Waals surface area contributed by atoms with Gasteiger partial charge in [0, 0.05) is 30.2 Å².